The van der Waals surface area contributed by atoms with Crippen LogP contribution in [-0.2, 0) is 0 Å². The number of ether oxygens (including phenoxy) is 1. The van der Waals surface area contributed by atoms with Gasteiger partial charge in [-0.1, -0.05) is 0 Å². The third kappa shape index (κ3) is 3.65. The quantitative estimate of drug-likeness (QED) is 0.185. The summed E-state index contributed by atoms with van der Waals surface area (Å²) in [6.45, 7) is 0.918. The number of hydrazine groups is 1. The Kier molecular flexibility index (Phi) is 4.79. The molecule has 0 heterocycles. The van der Waals surface area contributed by atoms with Gasteiger partial charge in [-0.25, -0.2) is 0 Å². The highest BCUT2D eigenvalue weighted by atomic mass is 127. The van der Waals surface area contributed by atoms with Crippen molar-refractivity contribution in [1.29, 1.82) is 0 Å². The van der Waals surface area contributed by atoms with Crippen molar-refractivity contribution in [2.75, 3.05) is 18.9 Å². The maximum absolute atomic E-state index is 11.1. The van der Waals surface area contributed by atoms with Crippen molar-refractivity contribution < 1.29 is 9.53 Å². The molecule has 0 saturated carbocycles. The normalized spacial score (nSPS) is 10.0. The monoisotopic (exact) mass is 321 g/mol. The van der Waals surface area contributed by atoms with Crippen LogP contribution in [0.3, 0.4) is 0 Å². The molecule has 0 atom stereocenters. The van der Waals surface area contributed by atoms with Crippen LogP contribution in [0.1, 0.15) is 10.4 Å². The Balaban J connectivity index is 2.76. The molecule has 0 spiro atoms. The lowest BCUT2D eigenvalue weighted by Gasteiger charge is -2.09. The second-order valence-corrected chi connectivity index (χ2v) is 3.81. The Morgan fingerprint density at radius 2 is 2.27 bits per heavy atom. The minimum absolute atomic E-state index is 0.0469. The van der Waals surface area contributed by atoms with E-state index in [0.717, 1.165) is 0 Å². The minimum Gasteiger partial charge on any atom is -0.490 e. The summed E-state index contributed by atoms with van der Waals surface area (Å²) in [4.78, 5) is 11.1. The third-order valence-electron chi connectivity index (χ3n) is 1.74. The van der Waals surface area contributed by atoms with E-state index in [0.29, 0.717) is 30.2 Å². The molecule has 1 aromatic carbocycles. The van der Waals surface area contributed by atoms with Crippen molar-refractivity contribution in [3.05, 3.63) is 23.8 Å². The van der Waals surface area contributed by atoms with Crippen molar-refractivity contribution in [1.82, 2.24) is 5.43 Å². The van der Waals surface area contributed by atoms with Gasteiger partial charge in [-0.15, -0.1) is 0 Å². The van der Waals surface area contributed by atoms with Crippen LogP contribution in [-0.4, -0.2) is 16.9 Å². The first-order chi connectivity index (χ1) is 7.15. The van der Waals surface area contributed by atoms with Crippen molar-refractivity contribution in [2.24, 2.45) is 5.84 Å². The number of carbonyl (C=O) groups is 1. The smallest absolute Gasteiger partial charge is 0.222 e. The zero-order valence-corrected chi connectivity index (χ0v) is 10.2. The summed E-state index contributed by atoms with van der Waals surface area (Å²) in [6, 6.07) is 4.94. The number of anilines is 1. The first kappa shape index (κ1) is 12.2. The first-order valence-corrected chi connectivity index (χ1v) is 5.38. The number of nitrogen functional groups attached to an aromatic ring is 1. The van der Waals surface area contributed by atoms with E-state index in [9.17, 15) is 4.79 Å². The van der Waals surface area contributed by atoms with Gasteiger partial charge in [-0.3, -0.25) is 16.1 Å². The molecule has 5 nitrogen and oxygen atoms in total. The Morgan fingerprint density at radius 1 is 1.53 bits per heavy atom. The van der Waals surface area contributed by atoms with E-state index in [2.05, 4.69) is 5.43 Å². The molecule has 6 heteroatoms. The van der Waals surface area contributed by atoms with Gasteiger partial charge >= 0.3 is 0 Å². The third-order valence-corrected chi connectivity index (χ3v) is 2.37. The molecule has 0 aliphatic heterocycles. The highest BCUT2D eigenvalue weighted by molar-refractivity contribution is 14.1. The number of carbonyl (C=O) groups excluding carboxylic acids is 1. The van der Waals surface area contributed by atoms with Crippen LogP contribution < -0.4 is 21.7 Å². The summed E-state index contributed by atoms with van der Waals surface area (Å²) in [5, 5.41) is 0. The second kappa shape index (κ2) is 5.89. The SMILES string of the molecule is NNCCOc1cc(C(=O)I)ccc1N. The Hall–Kier alpha value is -0.860. The van der Waals surface area contributed by atoms with Gasteiger partial charge in [-0.05, 0) is 18.2 Å². The average molecular weight is 321 g/mol. The molecule has 0 unspecified atom stereocenters. The summed E-state index contributed by atoms with van der Waals surface area (Å²) >= 11 is 1.71. The van der Waals surface area contributed by atoms with Crippen molar-refractivity contribution in [3.8, 4) is 5.75 Å². The fraction of sp³-hybridized carbons (Fsp3) is 0.222. The summed E-state index contributed by atoms with van der Waals surface area (Å²) in [5.74, 6) is 5.60. The zero-order chi connectivity index (χ0) is 11.3. The molecule has 5 N–H and O–H groups in total. The van der Waals surface area contributed by atoms with Gasteiger partial charge in [0, 0.05) is 34.7 Å². The number of rotatable bonds is 5. The maximum atomic E-state index is 11.1. The maximum Gasteiger partial charge on any atom is 0.222 e. The molecule has 0 aliphatic rings. The molecule has 0 aliphatic carbocycles. The number of hydrogen-bond acceptors (Lipinski definition) is 5. The largest absolute Gasteiger partial charge is 0.490 e. The average Bonchev–Trinajstić information content (AvgIpc) is 2.20. The molecule has 0 amide bonds. The van der Waals surface area contributed by atoms with Crippen LogP contribution in [0, 0.1) is 0 Å². The molecule has 0 saturated heterocycles. The van der Waals surface area contributed by atoms with Crippen molar-refractivity contribution in [2.45, 2.75) is 0 Å². The summed E-state index contributed by atoms with van der Waals surface area (Å²) in [6.07, 6.45) is 0. The molecule has 15 heavy (non-hydrogen) atoms. The first-order valence-electron chi connectivity index (χ1n) is 4.30. The Morgan fingerprint density at radius 3 is 2.87 bits per heavy atom. The van der Waals surface area contributed by atoms with Gasteiger partial charge in [0.2, 0.25) is 3.79 Å². The van der Waals surface area contributed by atoms with Crippen molar-refractivity contribution >= 4 is 32.1 Å². The minimum atomic E-state index is -0.0469. The Labute approximate surface area is 101 Å². The van der Waals surface area contributed by atoms with E-state index in [1.807, 2.05) is 0 Å². The van der Waals surface area contributed by atoms with Gasteiger partial charge in [0.25, 0.3) is 0 Å². The summed E-state index contributed by atoms with van der Waals surface area (Å²) in [5.41, 5.74) is 9.22. The number of hydrogen-bond donors (Lipinski definition) is 3. The fourth-order valence-corrected chi connectivity index (χ4v) is 1.34. The molecule has 0 aromatic heterocycles. The van der Waals surface area contributed by atoms with Crippen LogP contribution >= 0.6 is 22.6 Å². The van der Waals surface area contributed by atoms with Gasteiger partial charge in [0.05, 0.1) is 5.69 Å². The molecule has 1 rings (SSSR count). The molecule has 0 fully saturated rings. The van der Waals surface area contributed by atoms with Crippen molar-refractivity contribution in [3.63, 3.8) is 0 Å². The van der Waals surface area contributed by atoms with E-state index in [1.165, 1.54) is 0 Å². The molecular formula is C9H12IN3O2. The number of halogens is 1. The summed E-state index contributed by atoms with van der Waals surface area (Å²) in [7, 11) is 0. The molecule has 82 valence electrons. The fourth-order valence-electron chi connectivity index (χ4n) is 1.00. The lowest BCUT2D eigenvalue weighted by Crippen LogP contribution is -2.27. The van der Waals surface area contributed by atoms with Crippen LogP contribution in [0.2, 0.25) is 0 Å². The predicted octanol–water partition coefficient (Wildman–Crippen LogP) is 0.686. The van der Waals surface area contributed by atoms with Crippen LogP contribution in [0.5, 0.6) is 5.75 Å². The van der Waals surface area contributed by atoms with Gasteiger partial charge in [-0.2, -0.15) is 0 Å². The molecule has 0 bridgehead atoms. The number of benzene rings is 1. The van der Waals surface area contributed by atoms with E-state index in [-0.39, 0.29) is 3.79 Å². The predicted molar refractivity (Wildman–Crippen MR) is 66.9 cm³/mol. The molecule has 1 aromatic rings. The summed E-state index contributed by atoms with van der Waals surface area (Å²) < 4.78 is 5.30. The molecular weight excluding hydrogens is 309 g/mol. The van der Waals surface area contributed by atoms with Gasteiger partial charge in [0.1, 0.15) is 12.4 Å². The van der Waals surface area contributed by atoms with Gasteiger partial charge < -0.3 is 10.5 Å². The number of nitrogens with two attached hydrogens (primary N) is 2. The van der Waals surface area contributed by atoms with E-state index < -0.39 is 0 Å². The van der Waals surface area contributed by atoms with Crippen LogP contribution in [0.25, 0.3) is 0 Å². The van der Waals surface area contributed by atoms with E-state index in [4.69, 9.17) is 16.3 Å². The van der Waals surface area contributed by atoms with Crippen LogP contribution in [0.15, 0.2) is 18.2 Å². The lowest BCUT2D eigenvalue weighted by atomic mass is 10.2. The van der Waals surface area contributed by atoms with Gasteiger partial charge in [0.15, 0.2) is 0 Å². The highest BCUT2D eigenvalue weighted by Crippen LogP contribution is 2.23. The second-order valence-electron chi connectivity index (χ2n) is 2.83. The standard InChI is InChI=1S/C9H12IN3O2/c10-9(14)6-1-2-7(11)8(5-6)15-4-3-13-12/h1-2,5,13H,3-4,11-12H2. The lowest BCUT2D eigenvalue weighted by molar-refractivity contribution is 0.110. The molecule has 0 radical (unpaired) electrons. The van der Waals surface area contributed by atoms with Crippen LogP contribution in [0.4, 0.5) is 5.69 Å². The van der Waals surface area contributed by atoms with E-state index >= 15 is 0 Å². The zero-order valence-electron chi connectivity index (χ0n) is 8.00. The Bertz CT molecular complexity index is 357. The van der Waals surface area contributed by atoms with E-state index in [1.54, 1.807) is 40.8 Å². The topological polar surface area (TPSA) is 90.4 Å². The number of nitrogens with one attached hydrogen (secondary N) is 1. The highest BCUT2D eigenvalue weighted by Gasteiger charge is 2.06.